The van der Waals surface area contributed by atoms with Crippen molar-refractivity contribution in [2.24, 2.45) is 5.92 Å². The van der Waals surface area contributed by atoms with E-state index in [1.807, 2.05) is 0 Å². The molecule has 0 aromatic heterocycles. The molecule has 1 aliphatic carbocycles. The Balaban J connectivity index is 1.63. The van der Waals surface area contributed by atoms with Gasteiger partial charge in [0.15, 0.2) is 0 Å². The second-order valence-electron chi connectivity index (χ2n) is 8.02. The lowest BCUT2D eigenvalue weighted by Crippen LogP contribution is -2.60. The number of hydrogen-bond donors (Lipinski definition) is 0. The van der Waals surface area contributed by atoms with E-state index in [9.17, 15) is 4.79 Å². The molecular weight excluding hydrogens is 284 g/mol. The molecule has 2 heterocycles. The van der Waals surface area contributed by atoms with Gasteiger partial charge in [-0.25, -0.2) is 4.79 Å². The number of carbonyl (C=O) groups excluding carboxylic acids is 1. The van der Waals surface area contributed by atoms with E-state index in [0.717, 1.165) is 32.5 Å². The van der Waals surface area contributed by atoms with Gasteiger partial charge in [-0.05, 0) is 54.6 Å². The molecule has 1 aromatic carbocycles. The molecule has 0 spiro atoms. The predicted octanol–water partition coefficient (Wildman–Crippen LogP) is 3.82. The summed E-state index contributed by atoms with van der Waals surface area (Å²) in [5, 5.41) is 0. The molecule has 3 aliphatic rings. The Kier molecular flexibility index (Phi) is 3.62. The first-order chi connectivity index (χ1) is 11.1. The van der Waals surface area contributed by atoms with E-state index in [0.29, 0.717) is 18.0 Å². The second kappa shape index (κ2) is 5.54. The number of hydrogen-bond acceptors (Lipinski definition) is 1. The molecule has 0 unspecified atom stereocenters. The van der Waals surface area contributed by atoms with Crippen molar-refractivity contribution in [3.63, 3.8) is 0 Å². The molecule has 4 rings (SSSR count). The van der Waals surface area contributed by atoms with Crippen LogP contribution >= 0.6 is 0 Å². The molecule has 3 heteroatoms. The van der Waals surface area contributed by atoms with Crippen molar-refractivity contribution in [3.05, 3.63) is 35.4 Å². The van der Waals surface area contributed by atoms with Crippen LogP contribution < -0.4 is 0 Å². The Bertz CT molecular complexity index is 607. The highest BCUT2D eigenvalue weighted by Gasteiger charge is 2.48. The number of amides is 2. The molecular formula is C20H28N2O. The minimum Gasteiger partial charge on any atom is -0.325 e. The van der Waals surface area contributed by atoms with Gasteiger partial charge in [0.2, 0.25) is 0 Å². The lowest BCUT2D eigenvalue weighted by atomic mass is 9.60. The van der Waals surface area contributed by atoms with Crippen molar-refractivity contribution >= 4 is 6.03 Å². The van der Waals surface area contributed by atoms with Gasteiger partial charge < -0.3 is 9.80 Å². The van der Waals surface area contributed by atoms with Crippen LogP contribution in [-0.4, -0.2) is 41.5 Å². The van der Waals surface area contributed by atoms with Crippen LogP contribution in [0.2, 0.25) is 0 Å². The predicted molar refractivity (Wildman–Crippen MR) is 92.6 cm³/mol. The van der Waals surface area contributed by atoms with Gasteiger partial charge in [-0.15, -0.1) is 0 Å². The van der Waals surface area contributed by atoms with Gasteiger partial charge in [0.1, 0.15) is 0 Å². The summed E-state index contributed by atoms with van der Waals surface area (Å²) in [5.74, 6) is 0.508. The maximum Gasteiger partial charge on any atom is 0.320 e. The number of urea groups is 1. The van der Waals surface area contributed by atoms with E-state index in [2.05, 4.69) is 47.9 Å². The summed E-state index contributed by atoms with van der Waals surface area (Å²) in [6, 6.07) is 9.56. The topological polar surface area (TPSA) is 23.6 Å². The summed E-state index contributed by atoms with van der Waals surface area (Å²) in [6.07, 6.45) is 5.75. The standard InChI is InChI=1S/C20H28N2O/c1-15-14-22(19(23)21-10-6-3-7-11-21)17-12-16-8-4-5-9-18(16)20(15,2)13-17/h4-5,8-9,15,17H,3,6-7,10-14H2,1-2H3/t15-,17+,20+/m1/s1. The Morgan fingerprint density at radius 3 is 2.70 bits per heavy atom. The smallest absolute Gasteiger partial charge is 0.320 e. The molecule has 2 fully saturated rings. The van der Waals surface area contributed by atoms with Gasteiger partial charge in [0.25, 0.3) is 0 Å². The van der Waals surface area contributed by atoms with Crippen LogP contribution in [-0.2, 0) is 11.8 Å². The highest BCUT2D eigenvalue weighted by molar-refractivity contribution is 5.75. The molecule has 2 amide bonds. The van der Waals surface area contributed by atoms with E-state index in [1.54, 1.807) is 0 Å². The fourth-order valence-electron chi connectivity index (χ4n) is 5.01. The van der Waals surface area contributed by atoms with Crippen LogP contribution in [0.15, 0.2) is 24.3 Å². The van der Waals surface area contributed by atoms with Crippen molar-refractivity contribution in [3.8, 4) is 0 Å². The van der Waals surface area contributed by atoms with Gasteiger partial charge in [-0.1, -0.05) is 38.1 Å². The molecule has 124 valence electrons. The van der Waals surface area contributed by atoms with Gasteiger partial charge in [-0.2, -0.15) is 0 Å². The zero-order valence-corrected chi connectivity index (χ0v) is 14.4. The third-order valence-electron chi connectivity index (χ3n) is 6.62. The van der Waals surface area contributed by atoms with Gasteiger partial charge in [-0.3, -0.25) is 0 Å². The van der Waals surface area contributed by atoms with Crippen LogP contribution in [0.3, 0.4) is 0 Å². The number of likely N-dealkylation sites (tertiary alicyclic amines) is 2. The number of rotatable bonds is 0. The summed E-state index contributed by atoms with van der Waals surface area (Å²) < 4.78 is 0. The Morgan fingerprint density at radius 1 is 1.17 bits per heavy atom. The lowest BCUT2D eigenvalue weighted by Gasteiger charge is -2.54. The van der Waals surface area contributed by atoms with Gasteiger partial charge in [0.05, 0.1) is 0 Å². The van der Waals surface area contributed by atoms with Crippen molar-refractivity contribution in [1.29, 1.82) is 0 Å². The molecule has 3 atom stereocenters. The Labute approximate surface area is 139 Å². The second-order valence-corrected chi connectivity index (χ2v) is 8.02. The summed E-state index contributed by atoms with van der Waals surface area (Å²) in [4.78, 5) is 17.4. The SMILES string of the molecule is C[C@@H]1CN(C(=O)N2CCCCC2)[C@H]2Cc3ccccc3[C@@]1(C)C2. The maximum absolute atomic E-state index is 13.1. The third-order valence-corrected chi connectivity index (χ3v) is 6.62. The van der Waals surface area contributed by atoms with E-state index >= 15 is 0 Å². The highest BCUT2D eigenvalue weighted by atomic mass is 16.2. The normalized spacial score (nSPS) is 33.3. The monoisotopic (exact) mass is 312 g/mol. The van der Waals surface area contributed by atoms with Gasteiger partial charge in [0, 0.05) is 25.7 Å². The van der Waals surface area contributed by atoms with E-state index < -0.39 is 0 Å². The fourth-order valence-corrected chi connectivity index (χ4v) is 5.01. The minimum atomic E-state index is 0.220. The molecule has 2 saturated heterocycles. The molecule has 23 heavy (non-hydrogen) atoms. The molecule has 2 bridgehead atoms. The van der Waals surface area contributed by atoms with Crippen molar-refractivity contribution in [1.82, 2.24) is 9.80 Å². The Hall–Kier alpha value is -1.51. The molecule has 3 nitrogen and oxygen atoms in total. The average Bonchev–Trinajstić information content (AvgIpc) is 2.58. The summed E-state index contributed by atoms with van der Waals surface area (Å²) in [7, 11) is 0. The first-order valence-electron chi connectivity index (χ1n) is 9.23. The van der Waals surface area contributed by atoms with Crippen LogP contribution in [0.1, 0.15) is 50.7 Å². The molecule has 0 saturated carbocycles. The summed E-state index contributed by atoms with van der Waals surface area (Å²) in [6.45, 7) is 7.54. The number of carbonyl (C=O) groups is 1. The van der Waals surface area contributed by atoms with Crippen LogP contribution in [0.4, 0.5) is 4.79 Å². The van der Waals surface area contributed by atoms with Crippen LogP contribution in [0.5, 0.6) is 0 Å². The summed E-state index contributed by atoms with van der Waals surface area (Å²) in [5.41, 5.74) is 3.20. The third kappa shape index (κ3) is 2.36. The first kappa shape index (κ1) is 15.0. The van der Waals surface area contributed by atoms with Crippen molar-refractivity contribution < 1.29 is 4.79 Å². The minimum absolute atomic E-state index is 0.220. The lowest BCUT2D eigenvalue weighted by molar-refractivity contribution is 0.0483. The number of fused-ring (bicyclic) bond motifs is 4. The van der Waals surface area contributed by atoms with Crippen molar-refractivity contribution in [2.75, 3.05) is 19.6 Å². The largest absolute Gasteiger partial charge is 0.325 e. The zero-order chi connectivity index (χ0) is 16.0. The maximum atomic E-state index is 13.1. The highest BCUT2D eigenvalue weighted by Crippen LogP contribution is 2.47. The first-order valence-corrected chi connectivity index (χ1v) is 9.23. The number of nitrogens with zero attached hydrogens (tertiary/aromatic N) is 2. The average molecular weight is 312 g/mol. The van der Waals surface area contributed by atoms with Gasteiger partial charge >= 0.3 is 6.03 Å². The Morgan fingerprint density at radius 2 is 1.91 bits per heavy atom. The van der Waals surface area contributed by atoms with E-state index in [1.165, 1.54) is 30.4 Å². The molecule has 2 aliphatic heterocycles. The van der Waals surface area contributed by atoms with Crippen molar-refractivity contribution in [2.45, 2.75) is 57.4 Å². The number of piperidine rings is 2. The molecule has 0 N–H and O–H groups in total. The zero-order valence-electron chi connectivity index (χ0n) is 14.4. The number of benzene rings is 1. The quantitative estimate of drug-likeness (QED) is 0.714. The molecule has 0 radical (unpaired) electrons. The van der Waals surface area contributed by atoms with E-state index in [-0.39, 0.29) is 5.41 Å². The molecule has 1 aromatic rings. The summed E-state index contributed by atoms with van der Waals surface area (Å²) >= 11 is 0. The van der Waals surface area contributed by atoms with Crippen LogP contribution in [0, 0.1) is 5.92 Å². The van der Waals surface area contributed by atoms with E-state index in [4.69, 9.17) is 0 Å². The van der Waals surface area contributed by atoms with Crippen LogP contribution in [0.25, 0.3) is 0 Å². The fraction of sp³-hybridized carbons (Fsp3) is 0.650.